The maximum absolute atomic E-state index is 11.7. The van der Waals surface area contributed by atoms with Crippen LogP contribution in [0.5, 0.6) is 0 Å². The van der Waals surface area contributed by atoms with Crippen molar-refractivity contribution in [3.63, 3.8) is 0 Å². The van der Waals surface area contributed by atoms with Crippen molar-refractivity contribution in [3.8, 4) is 0 Å². The molecule has 0 atom stereocenters. The summed E-state index contributed by atoms with van der Waals surface area (Å²) in [4.78, 5) is 11.7. The Hall–Kier alpha value is -0.610. The van der Waals surface area contributed by atoms with Gasteiger partial charge in [-0.2, -0.15) is 0 Å². The van der Waals surface area contributed by atoms with Crippen LogP contribution >= 0.6 is 0 Å². The van der Waals surface area contributed by atoms with E-state index in [-0.39, 0.29) is 18.1 Å². The fourth-order valence-electron chi connectivity index (χ4n) is 2.26. The number of hydrogen-bond acceptors (Lipinski definition) is 3. The molecule has 2 fully saturated rings. The summed E-state index contributed by atoms with van der Waals surface area (Å²) >= 11 is 0. The first-order valence-electron chi connectivity index (χ1n) is 6.57. The van der Waals surface area contributed by atoms with E-state index in [0.29, 0.717) is 11.3 Å². The highest BCUT2D eigenvalue weighted by molar-refractivity contribution is 5.77. The van der Waals surface area contributed by atoms with E-state index in [2.05, 4.69) is 24.5 Å². The zero-order valence-electron chi connectivity index (χ0n) is 11.1. The lowest BCUT2D eigenvalue weighted by atomic mass is 9.92. The van der Waals surface area contributed by atoms with Gasteiger partial charge in [-0.1, -0.05) is 13.8 Å². The molecular formula is C13H24N2O2. The summed E-state index contributed by atoms with van der Waals surface area (Å²) in [5.74, 6) is 0.669. The van der Waals surface area contributed by atoms with Gasteiger partial charge in [0, 0.05) is 19.6 Å². The minimum absolute atomic E-state index is 0.0186. The number of hydrogen-bond donors (Lipinski definition) is 2. The van der Waals surface area contributed by atoms with Crippen LogP contribution in [0.1, 0.15) is 33.6 Å². The lowest BCUT2D eigenvalue weighted by molar-refractivity contribution is -0.136. The van der Waals surface area contributed by atoms with Gasteiger partial charge in [0.2, 0.25) is 5.91 Å². The third-order valence-corrected chi connectivity index (χ3v) is 4.30. The van der Waals surface area contributed by atoms with Gasteiger partial charge >= 0.3 is 0 Å². The van der Waals surface area contributed by atoms with E-state index in [4.69, 9.17) is 4.74 Å². The molecule has 4 heteroatoms. The average Bonchev–Trinajstić information content (AvgIpc) is 3.02. The van der Waals surface area contributed by atoms with Crippen LogP contribution in [-0.4, -0.2) is 37.7 Å². The van der Waals surface area contributed by atoms with Gasteiger partial charge in [-0.15, -0.1) is 0 Å². The van der Waals surface area contributed by atoms with Crippen molar-refractivity contribution in [2.45, 2.75) is 39.2 Å². The van der Waals surface area contributed by atoms with Gasteiger partial charge in [-0.05, 0) is 31.1 Å². The summed E-state index contributed by atoms with van der Waals surface area (Å²) in [5, 5.41) is 6.15. The number of ether oxygens (including phenoxy) is 1. The van der Waals surface area contributed by atoms with Crippen molar-refractivity contribution < 1.29 is 9.53 Å². The monoisotopic (exact) mass is 240 g/mol. The SMILES string of the molecule is CC(C)C1(CNC(=O)COC2(C)CNC2)CC1. The summed E-state index contributed by atoms with van der Waals surface area (Å²) < 4.78 is 5.60. The summed E-state index contributed by atoms with van der Waals surface area (Å²) in [7, 11) is 0. The highest BCUT2D eigenvalue weighted by Crippen LogP contribution is 2.51. The van der Waals surface area contributed by atoms with E-state index < -0.39 is 0 Å². The van der Waals surface area contributed by atoms with Crippen molar-refractivity contribution >= 4 is 5.91 Å². The fourth-order valence-corrected chi connectivity index (χ4v) is 2.26. The predicted octanol–water partition coefficient (Wildman–Crippen LogP) is 0.917. The number of carbonyl (C=O) groups excluding carboxylic acids is 1. The zero-order valence-corrected chi connectivity index (χ0v) is 11.1. The molecule has 0 aromatic carbocycles. The molecule has 4 nitrogen and oxygen atoms in total. The molecule has 1 amide bonds. The van der Waals surface area contributed by atoms with Crippen LogP contribution < -0.4 is 10.6 Å². The van der Waals surface area contributed by atoms with Gasteiger partial charge in [0.15, 0.2) is 0 Å². The summed E-state index contributed by atoms with van der Waals surface area (Å²) in [5.41, 5.74) is 0.240. The Morgan fingerprint density at radius 3 is 2.47 bits per heavy atom. The second-order valence-corrected chi connectivity index (χ2v) is 6.14. The Bertz CT molecular complexity index is 294. The van der Waals surface area contributed by atoms with Crippen molar-refractivity contribution in [1.82, 2.24) is 10.6 Å². The van der Waals surface area contributed by atoms with Gasteiger partial charge in [0.25, 0.3) is 0 Å². The normalized spacial score (nSPS) is 24.2. The Labute approximate surface area is 103 Å². The van der Waals surface area contributed by atoms with E-state index in [1.165, 1.54) is 12.8 Å². The first-order valence-corrected chi connectivity index (χ1v) is 6.57. The van der Waals surface area contributed by atoms with Crippen LogP contribution in [0.25, 0.3) is 0 Å². The summed E-state index contributed by atoms with van der Waals surface area (Å²) in [6, 6.07) is 0. The van der Waals surface area contributed by atoms with Gasteiger partial charge in [0.1, 0.15) is 6.61 Å². The number of amides is 1. The number of nitrogens with one attached hydrogen (secondary N) is 2. The van der Waals surface area contributed by atoms with Crippen molar-refractivity contribution in [3.05, 3.63) is 0 Å². The van der Waals surface area contributed by atoms with Gasteiger partial charge in [-0.25, -0.2) is 0 Å². The molecule has 0 unspecified atom stereocenters. The molecule has 2 N–H and O–H groups in total. The Kier molecular flexibility index (Phi) is 3.46. The highest BCUT2D eigenvalue weighted by atomic mass is 16.5. The third-order valence-electron chi connectivity index (χ3n) is 4.30. The first-order chi connectivity index (χ1) is 7.96. The molecule has 0 radical (unpaired) electrons. The number of carbonyl (C=O) groups is 1. The van der Waals surface area contributed by atoms with Gasteiger partial charge in [-0.3, -0.25) is 4.79 Å². The van der Waals surface area contributed by atoms with Crippen LogP contribution in [0.15, 0.2) is 0 Å². The molecule has 1 aliphatic carbocycles. The van der Waals surface area contributed by atoms with Crippen LogP contribution in [0.4, 0.5) is 0 Å². The highest BCUT2D eigenvalue weighted by Gasteiger charge is 2.45. The van der Waals surface area contributed by atoms with Crippen molar-refractivity contribution in [2.75, 3.05) is 26.2 Å². The molecule has 98 valence electrons. The molecule has 2 aliphatic rings. The van der Waals surface area contributed by atoms with Crippen LogP contribution in [-0.2, 0) is 9.53 Å². The predicted molar refractivity (Wildman–Crippen MR) is 66.7 cm³/mol. The Balaban J connectivity index is 1.64. The minimum atomic E-state index is -0.132. The maximum atomic E-state index is 11.7. The zero-order chi connectivity index (χ0) is 12.5. The molecule has 1 heterocycles. The largest absolute Gasteiger partial charge is 0.363 e. The molecule has 0 aromatic rings. The van der Waals surface area contributed by atoms with Crippen LogP contribution in [0.3, 0.4) is 0 Å². The fraction of sp³-hybridized carbons (Fsp3) is 0.923. The lowest BCUT2D eigenvalue weighted by Gasteiger charge is -2.38. The van der Waals surface area contributed by atoms with E-state index in [0.717, 1.165) is 19.6 Å². The van der Waals surface area contributed by atoms with Crippen LogP contribution in [0, 0.1) is 11.3 Å². The van der Waals surface area contributed by atoms with Crippen LogP contribution in [0.2, 0.25) is 0 Å². The summed E-state index contributed by atoms with van der Waals surface area (Å²) in [6.07, 6.45) is 2.49. The molecule has 0 spiro atoms. The standard InChI is InChI=1S/C13H24N2O2/c1-10(2)13(4-5-13)9-15-11(16)6-17-12(3)7-14-8-12/h10,14H,4-9H2,1-3H3,(H,15,16). The second kappa shape index (κ2) is 4.58. The minimum Gasteiger partial charge on any atom is -0.363 e. The average molecular weight is 240 g/mol. The third kappa shape index (κ3) is 2.99. The van der Waals surface area contributed by atoms with E-state index in [1.54, 1.807) is 0 Å². The van der Waals surface area contributed by atoms with Crippen molar-refractivity contribution in [1.29, 1.82) is 0 Å². The summed E-state index contributed by atoms with van der Waals surface area (Å²) in [6.45, 7) is 9.18. The van der Waals surface area contributed by atoms with E-state index >= 15 is 0 Å². The Morgan fingerprint density at radius 2 is 2.06 bits per heavy atom. The molecule has 0 bridgehead atoms. The maximum Gasteiger partial charge on any atom is 0.246 e. The molecule has 2 rings (SSSR count). The Morgan fingerprint density at radius 1 is 1.41 bits per heavy atom. The van der Waals surface area contributed by atoms with Gasteiger partial charge < -0.3 is 15.4 Å². The molecule has 1 saturated carbocycles. The first kappa shape index (κ1) is 12.8. The van der Waals surface area contributed by atoms with Crippen molar-refractivity contribution in [2.24, 2.45) is 11.3 Å². The van der Waals surface area contributed by atoms with E-state index in [1.807, 2.05) is 6.92 Å². The molecule has 17 heavy (non-hydrogen) atoms. The second-order valence-electron chi connectivity index (χ2n) is 6.14. The molecule has 1 aliphatic heterocycles. The molecular weight excluding hydrogens is 216 g/mol. The number of rotatable bonds is 6. The van der Waals surface area contributed by atoms with E-state index in [9.17, 15) is 4.79 Å². The molecule has 1 saturated heterocycles. The molecule has 0 aromatic heterocycles. The quantitative estimate of drug-likeness (QED) is 0.726. The lowest BCUT2D eigenvalue weighted by Crippen LogP contribution is -2.59. The topological polar surface area (TPSA) is 50.4 Å². The smallest absolute Gasteiger partial charge is 0.246 e. The van der Waals surface area contributed by atoms with Gasteiger partial charge in [0.05, 0.1) is 5.60 Å².